The molecule has 1 saturated heterocycles. The Morgan fingerprint density at radius 1 is 1.35 bits per heavy atom. The fourth-order valence-electron chi connectivity index (χ4n) is 2.50. The van der Waals surface area contributed by atoms with Gasteiger partial charge in [0.1, 0.15) is 0 Å². The van der Waals surface area contributed by atoms with Gasteiger partial charge in [-0.15, -0.1) is 11.8 Å². The average Bonchev–Trinajstić information content (AvgIpc) is 2.76. The monoisotopic (exact) mass is 250 g/mol. The largest absolute Gasteiger partial charge is 0.374 e. The van der Waals surface area contributed by atoms with Crippen LogP contribution in [-0.4, -0.2) is 32.9 Å². The molecule has 0 radical (unpaired) electrons. The van der Waals surface area contributed by atoms with E-state index in [2.05, 4.69) is 54.7 Å². The summed E-state index contributed by atoms with van der Waals surface area (Å²) in [5, 5.41) is 3.46. The van der Waals surface area contributed by atoms with Gasteiger partial charge in [-0.05, 0) is 48.9 Å². The first-order valence-corrected chi connectivity index (χ1v) is 7.41. The minimum atomic E-state index is 0.424. The van der Waals surface area contributed by atoms with Gasteiger partial charge in [0.25, 0.3) is 0 Å². The molecule has 3 heteroatoms. The minimum absolute atomic E-state index is 0.424. The summed E-state index contributed by atoms with van der Waals surface area (Å²) in [6.07, 6.45) is 3.39. The van der Waals surface area contributed by atoms with Crippen LogP contribution in [0.5, 0.6) is 0 Å². The van der Waals surface area contributed by atoms with Gasteiger partial charge < -0.3 is 10.2 Å². The Balaban J connectivity index is 2.01. The Morgan fingerprint density at radius 3 is 2.59 bits per heavy atom. The van der Waals surface area contributed by atoms with E-state index in [9.17, 15) is 0 Å². The van der Waals surface area contributed by atoms with Crippen LogP contribution in [0.3, 0.4) is 0 Å². The van der Waals surface area contributed by atoms with Crippen molar-refractivity contribution in [2.24, 2.45) is 5.41 Å². The smallest absolute Gasteiger partial charge is 0.0364 e. The summed E-state index contributed by atoms with van der Waals surface area (Å²) in [4.78, 5) is 3.70. The SMILES string of the molecule is CSc1ccc(N(C)CC2(C)CCNC2)cc1. The molecule has 1 fully saturated rings. The first-order valence-electron chi connectivity index (χ1n) is 6.19. The highest BCUT2D eigenvalue weighted by Gasteiger charge is 2.29. The lowest BCUT2D eigenvalue weighted by Crippen LogP contribution is -2.35. The second-order valence-corrected chi connectivity index (χ2v) is 6.17. The first-order chi connectivity index (χ1) is 8.13. The molecule has 1 aromatic rings. The van der Waals surface area contributed by atoms with Crippen LogP contribution in [-0.2, 0) is 0 Å². The topological polar surface area (TPSA) is 15.3 Å². The van der Waals surface area contributed by atoms with Gasteiger partial charge in [-0.1, -0.05) is 6.92 Å². The lowest BCUT2D eigenvalue weighted by Gasteiger charge is -2.30. The molecule has 1 N–H and O–H groups in total. The van der Waals surface area contributed by atoms with Crippen molar-refractivity contribution < 1.29 is 0 Å². The third-order valence-corrected chi connectivity index (χ3v) is 4.33. The van der Waals surface area contributed by atoms with Gasteiger partial charge in [-0.3, -0.25) is 0 Å². The molecule has 0 aliphatic carbocycles. The molecule has 1 aromatic carbocycles. The van der Waals surface area contributed by atoms with Gasteiger partial charge in [0, 0.05) is 30.7 Å². The van der Waals surface area contributed by atoms with Crippen molar-refractivity contribution in [3.63, 3.8) is 0 Å². The molecule has 2 nitrogen and oxygen atoms in total. The summed E-state index contributed by atoms with van der Waals surface area (Å²) in [5.41, 5.74) is 1.74. The molecule has 1 aliphatic rings. The second kappa shape index (κ2) is 5.32. The molecule has 1 aliphatic heterocycles. The van der Waals surface area contributed by atoms with Gasteiger partial charge in [0.2, 0.25) is 0 Å². The van der Waals surface area contributed by atoms with Crippen molar-refractivity contribution in [2.75, 3.05) is 37.8 Å². The highest BCUT2D eigenvalue weighted by atomic mass is 32.2. The number of thioether (sulfide) groups is 1. The first kappa shape index (κ1) is 12.8. The summed E-state index contributed by atoms with van der Waals surface area (Å²) in [6, 6.07) is 8.84. The van der Waals surface area contributed by atoms with E-state index in [-0.39, 0.29) is 0 Å². The Bertz CT molecular complexity index is 355. The fraction of sp³-hybridized carbons (Fsp3) is 0.571. The molecular formula is C14H22N2S. The van der Waals surface area contributed by atoms with E-state index in [1.165, 1.54) is 17.0 Å². The van der Waals surface area contributed by atoms with Crippen molar-refractivity contribution in [1.82, 2.24) is 5.32 Å². The quantitative estimate of drug-likeness (QED) is 0.827. The molecule has 1 unspecified atom stereocenters. The molecule has 1 atom stereocenters. The number of anilines is 1. The molecule has 2 rings (SSSR count). The fourth-order valence-corrected chi connectivity index (χ4v) is 2.91. The van der Waals surface area contributed by atoms with Crippen LogP contribution in [0.4, 0.5) is 5.69 Å². The highest BCUT2D eigenvalue weighted by Crippen LogP contribution is 2.28. The van der Waals surface area contributed by atoms with E-state index >= 15 is 0 Å². The summed E-state index contributed by atoms with van der Waals surface area (Å²) in [6.45, 7) is 5.80. The molecule has 1 heterocycles. The zero-order valence-corrected chi connectivity index (χ0v) is 11.8. The van der Waals surface area contributed by atoms with Crippen LogP contribution in [0.2, 0.25) is 0 Å². The van der Waals surface area contributed by atoms with Gasteiger partial charge >= 0.3 is 0 Å². The normalized spacial score (nSPS) is 23.9. The third-order valence-electron chi connectivity index (χ3n) is 3.59. The Hall–Kier alpha value is -0.670. The van der Waals surface area contributed by atoms with Crippen LogP contribution in [0.25, 0.3) is 0 Å². The molecule has 0 spiro atoms. The van der Waals surface area contributed by atoms with Gasteiger partial charge in [-0.25, -0.2) is 0 Å². The van der Waals surface area contributed by atoms with Crippen LogP contribution in [0.1, 0.15) is 13.3 Å². The predicted octanol–water partition coefficient (Wildman–Crippen LogP) is 2.84. The number of hydrogen-bond acceptors (Lipinski definition) is 3. The number of nitrogens with one attached hydrogen (secondary N) is 1. The Labute approximate surface area is 109 Å². The van der Waals surface area contributed by atoms with Gasteiger partial charge in [0.15, 0.2) is 0 Å². The maximum atomic E-state index is 3.46. The lowest BCUT2D eigenvalue weighted by atomic mass is 9.89. The van der Waals surface area contributed by atoms with Crippen LogP contribution >= 0.6 is 11.8 Å². The number of nitrogens with zero attached hydrogens (tertiary/aromatic N) is 1. The standard InChI is InChI=1S/C14H22N2S/c1-14(8-9-15-10-14)11-16(2)12-4-6-13(17-3)7-5-12/h4-7,15H,8-11H2,1-3H3. The van der Waals surface area contributed by atoms with Crippen molar-refractivity contribution in [3.8, 4) is 0 Å². The maximum absolute atomic E-state index is 3.46. The summed E-state index contributed by atoms with van der Waals surface area (Å²) < 4.78 is 0. The lowest BCUT2D eigenvalue weighted by molar-refractivity contribution is 0.371. The maximum Gasteiger partial charge on any atom is 0.0364 e. The Kier molecular flexibility index (Phi) is 4.00. The van der Waals surface area contributed by atoms with Crippen LogP contribution in [0, 0.1) is 5.41 Å². The number of hydrogen-bond donors (Lipinski definition) is 1. The van der Waals surface area contributed by atoms with Crippen molar-refractivity contribution in [2.45, 2.75) is 18.2 Å². The van der Waals surface area contributed by atoms with E-state index < -0.39 is 0 Å². The van der Waals surface area contributed by atoms with Crippen molar-refractivity contribution in [1.29, 1.82) is 0 Å². The van der Waals surface area contributed by atoms with Gasteiger partial charge in [0.05, 0.1) is 0 Å². The van der Waals surface area contributed by atoms with E-state index in [1.807, 2.05) is 0 Å². The van der Waals surface area contributed by atoms with E-state index in [1.54, 1.807) is 11.8 Å². The molecule has 17 heavy (non-hydrogen) atoms. The highest BCUT2D eigenvalue weighted by molar-refractivity contribution is 7.98. The molecule has 0 bridgehead atoms. The van der Waals surface area contributed by atoms with Crippen molar-refractivity contribution in [3.05, 3.63) is 24.3 Å². The molecule has 0 saturated carbocycles. The second-order valence-electron chi connectivity index (χ2n) is 5.29. The van der Waals surface area contributed by atoms with E-state index in [0.29, 0.717) is 5.41 Å². The number of rotatable bonds is 4. The summed E-state index contributed by atoms with van der Waals surface area (Å²) >= 11 is 1.79. The summed E-state index contributed by atoms with van der Waals surface area (Å²) in [7, 11) is 2.19. The van der Waals surface area contributed by atoms with Gasteiger partial charge in [-0.2, -0.15) is 0 Å². The molecule has 94 valence electrons. The Morgan fingerprint density at radius 2 is 2.06 bits per heavy atom. The third kappa shape index (κ3) is 3.17. The van der Waals surface area contributed by atoms with Crippen molar-refractivity contribution >= 4 is 17.4 Å². The van der Waals surface area contributed by atoms with E-state index in [0.717, 1.165) is 19.6 Å². The zero-order chi connectivity index (χ0) is 12.3. The molecule has 0 amide bonds. The zero-order valence-electron chi connectivity index (χ0n) is 11.0. The summed E-state index contributed by atoms with van der Waals surface area (Å²) in [5.74, 6) is 0. The van der Waals surface area contributed by atoms with Crippen LogP contribution < -0.4 is 10.2 Å². The average molecular weight is 250 g/mol. The number of benzene rings is 1. The predicted molar refractivity (Wildman–Crippen MR) is 77.1 cm³/mol. The van der Waals surface area contributed by atoms with Crippen LogP contribution in [0.15, 0.2) is 29.2 Å². The molecule has 0 aromatic heterocycles. The minimum Gasteiger partial charge on any atom is -0.374 e. The molecular weight excluding hydrogens is 228 g/mol. The van der Waals surface area contributed by atoms with E-state index in [4.69, 9.17) is 0 Å².